The number of rotatable bonds is 5. The molecule has 0 amide bonds. The zero-order chi connectivity index (χ0) is 14.5. The molecular weight excluding hydrogens is 244 g/mol. The zero-order valence-corrected chi connectivity index (χ0v) is 12.7. The summed E-state index contributed by atoms with van der Waals surface area (Å²) in [4.78, 5) is 4.04. The standard InChI is InChI=1S/C18H24N2/c1-13-10-14(2)18(15(3)11-13)12-17(19)5-4-16-6-8-20-9-7-16/h6-11,17H,4-5,12,19H2,1-3H3. The van der Waals surface area contributed by atoms with E-state index in [0.29, 0.717) is 0 Å². The molecule has 2 nitrogen and oxygen atoms in total. The normalized spacial score (nSPS) is 12.4. The van der Waals surface area contributed by atoms with Gasteiger partial charge < -0.3 is 5.73 Å². The molecule has 106 valence electrons. The van der Waals surface area contributed by atoms with Gasteiger partial charge in [0, 0.05) is 18.4 Å². The largest absolute Gasteiger partial charge is 0.327 e. The van der Waals surface area contributed by atoms with Crippen LogP contribution in [0.3, 0.4) is 0 Å². The maximum Gasteiger partial charge on any atom is 0.0270 e. The Morgan fingerprint density at radius 1 is 1.05 bits per heavy atom. The third-order valence-corrected chi connectivity index (χ3v) is 3.86. The van der Waals surface area contributed by atoms with E-state index in [1.54, 1.807) is 0 Å². The van der Waals surface area contributed by atoms with Crippen LogP contribution in [-0.4, -0.2) is 11.0 Å². The SMILES string of the molecule is Cc1cc(C)c(CC(N)CCc2ccncc2)c(C)c1. The van der Waals surface area contributed by atoms with Gasteiger partial charge in [0.25, 0.3) is 0 Å². The van der Waals surface area contributed by atoms with Gasteiger partial charge in [0.1, 0.15) is 0 Å². The molecule has 0 saturated heterocycles. The summed E-state index contributed by atoms with van der Waals surface area (Å²) in [5.74, 6) is 0. The minimum atomic E-state index is 0.211. The lowest BCUT2D eigenvalue weighted by atomic mass is 9.92. The van der Waals surface area contributed by atoms with Crippen molar-refractivity contribution in [2.45, 2.75) is 46.1 Å². The maximum absolute atomic E-state index is 6.31. The van der Waals surface area contributed by atoms with Gasteiger partial charge in [-0.1, -0.05) is 17.7 Å². The molecule has 0 spiro atoms. The lowest BCUT2D eigenvalue weighted by Gasteiger charge is -2.16. The first kappa shape index (κ1) is 14.7. The van der Waals surface area contributed by atoms with Crippen molar-refractivity contribution in [1.29, 1.82) is 0 Å². The second-order valence-electron chi connectivity index (χ2n) is 5.74. The van der Waals surface area contributed by atoms with Gasteiger partial charge in [-0.05, 0) is 74.4 Å². The molecule has 0 fully saturated rings. The number of hydrogen-bond donors (Lipinski definition) is 1. The van der Waals surface area contributed by atoms with Gasteiger partial charge >= 0.3 is 0 Å². The Morgan fingerprint density at radius 3 is 2.25 bits per heavy atom. The molecule has 0 saturated carbocycles. The molecule has 1 atom stereocenters. The second-order valence-corrected chi connectivity index (χ2v) is 5.74. The van der Waals surface area contributed by atoms with Crippen molar-refractivity contribution in [3.05, 3.63) is 64.5 Å². The predicted octanol–water partition coefficient (Wildman–Crippen LogP) is 3.51. The van der Waals surface area contributed by atoms with E-state index in [1.165, 1.54) is 27.8 Å². The second kappa shape index (κ2) is 6.67. The van der Waals surface area contributed by atoms with Crippen LogP contribution < -0.4 is 5.73 Å². The zero-order valence-electron chi connectivity index (χ0n) is 12.7. The van der Waals surface area contributed by atoms with Crippen molar-refractivity contribution in [3.63, 3.8) is 0 Å². The molecule has 0 bridgehead atoms. The highest BCUT2D eigenvalue weighted by Gasteiger charge is 2.09. The number of nitrogens with zero attached hydrogens (tertiary/aromatic N) is 1. The van der Waals surface area contributed by atoms with Gasteiger partial charge in [0.05, 0.1) is 0 Å². The van der Waals surface area contributed by atoms with Crippen molar-refractivity contribution >= 4 is 0 Å². The van der Waals surface area contributed by atoms with E-state index in [1.807, 2.05) is 12.4 Å². The van der Waals surface area contributed by atoms with Gasteiger partial charge in [0.2, 0.25) is 0 Å². The third-order valence-electron chi connectivity index (χ3n) is 3.86. The summed E-state index contributed by atoms with van der Waals surface area (Å²) in [6.45, 7) is 6.52. The number of benzene rings is 1. The molecule has 0 aliphatic heterocycles. The fourth-order valence-corrected chi connectivity index (χ4v) is 2.80. The molecule has 0 aliphatic carbocycles. The number of aryl methyl sites for hydroxylation is 4. The molecule has 2 rings (SSSR count). The Bertz CT molecular complexity index is 538. The van der Waals surface area contributed by atoms with E-state index in [9.17, 15) is 0 Å². The van der Waals surface area contributed by atoms with Crippen LogP contribution in [0.4, 0.5) is 0 Å². The number of pyridine rings is 1. The lowest BCUT2D eigenvalue weighted by molar-refractivity contribution is 0.607. The highest BCUT2D eigenvalue weighted by molar-refractivity contribution is 5.38. The molecule has 1 unspecified atom stereocenters. The van der Waals surface area contributed by atoms with Crippen LogP contribution in [0.25, 0.3) is 0 Å². The summed E-state index contributed by atoms with van der Waals surface area (Å²) in [6, 6.07) is 8.84. The Labute approximate surface area is 122 Å². The summed E-state index contributed by atoms with van der Waals surface area (Å²) in [5.41, 5.74) is 13.1. The summed E-state index contributed by atoms with van der Waals surface area (Å²) in [6.07, 6.45) is 6.68. The molecule has 1 aromatic heterocycles. The molecule has 1 heterocycles. The van der Waals surface area contributed by atoms with Crippen LogP contribution in [0.5, 0.6) is 0 Å². The Kier molecular flexibility index (Phi) is 4.91. The van der Waals surface area contributed by atoms with Crippen LogP contribution in [0.1, 0.15) is 34.2 Å². The predicted molar refractivity (Wildman–Crippen MR) is 84.9 cm³/mol. The average Bonchev–Trinajstić information content (AvgIpc) is 2.42. The van der Waals surface area contributed by atoms with E-state index in [2.05, 4.69) is 50.0 Å². The van der Waals surface area contributed by atoms with Crippen LogP contribution in [0, 0.1) is 20.8 Å². The number of hydrogen-bond acceptors (Lipinski definition) is 2. The van der Waals surface area contributed by atoms with Crippen molar-refractivity contribution in [2.75, 3.05) is 0 Å². The Morgan fingerprint density at radius 2 is 1.65 bits per heavy atom. The van der Waals surface area contributed by atoms with Gasteiger partial charge in [-0.3, -0.25) is 4.98 Å². The van der Waals surface area contributed by atoms with E-state index >= 15 is 0 Å². The molecule has 0 radical (unpaired) electrons. The van der Waals surface area contributed by atoms with Crippen LogP contribution in [0.2, 0.25) is 0 Å². The van der Waals surface area contributed by atoms with E-state index in [0.717, 1.165) is 19.3 Å². The number of nitrogens with two attached hydrogens (primary N) is 1. The van der Waals surface area contributed by atoms with Gasteiger partial charge in [0.15, 0.2) is 0 Å². The van der Waals surface area contributed by atoms with Crippen molar-refractivity contribution in [3.8, 4) is 0 Å². The average molecular weight is 268 g/mol. The Balaban J connectivity index is 1.96. The molecular formula is C18H24N2. The first-order valence-corrected chi connectivity index (χ1v) is 7.27. The van der Waals surface area contributed by atoms with E-state index in [-0.39, 0.29) is 6.04 Å². The summed E-state index contributed by atoms with van der Waals surface area (Å²) in [5, 5.41) is 0. The number of aromatic nitrogens is 1. The first-order valence-electron chi connectivity index (χ1n) is 7.27. The fourth-order valence-electron chi connectivity index (χ4n) is 2.80. The smallest absolute Gasteiger partial charge is 0.0270 e. The van der Waals surface area contributed by atoms with Crippen LogP contribution in [0.15, 0.2) is 36.7 Å². The highest BCUT2D eigenvalue weighted by Crippen LogP contribution is 2.19. The lowest BCUT2D eigenvalue weighted by Crippen LogP contribution is -2.24. The summed E-state index contributed by atoms with van der Waals surface area (Å²) in [7, 11) is 0. The maximum atomic E-state index is 6.31. The summed E-state index contributed by atoms with van der Waals surface area (Å²) >= 11 is 0. The third kappa shape index (κ3) is 3.91. The van der Waals surface area contributed by atoms with Crippen LogP contribution >= 0.6 is 0 Å². The summed E-state index contributed by atoms with van der Waals surface area (Å²) < 4.78 is 0. The molecule has 20 heavy (non-hydrogen) atoms. The topological polar surface area (TPSA) is 38.9 Å². The molecule has 2 N–H and O–H groups in total. The van der Waals surface area contributed by atoms with Crippen molar-refractivity contribution in [2.24, 2.45) is 5.73 Å². The van der Waals surface area contributed by atoms with Crippen LogP contribution in [-0.2, 0) is 12.8 Å². The Hall–Kier alpha value is -1.67. The van der Waals surface area contributed by atoms with Gasteiger partial charge in [-0.25, -0.2) is 0 Å². The minimum Gasteiger partial charge on any atom is -0.327 e. The van der Waals surface area contributed by atoms with Gasteiger partial charge in [-0.15, -0.1) is 0 Å². The first-order chi connectivity index (χ1) is 9.56. The quantitative estimate of drug-likeness (QED) is 0.901. The molecule has 2 aromatic rings. The monoisotopic (exact) mass is 268 g/mol. The van der Waals surface area contributed by atoms with E-state index in [4.69, 9.17) is 5.73 Å². The minimum absolute atomic E-state index is 0.211. The van der Waals surface area contributed by atoms with Crippen molar-refractivity contribution < 1.29 is 0 Å². The molecule has 0 aliphatic rings. The highest BCUT2D eigenvalue weighted by atomic mass is 14.6. The molecule has 2 heteroatoms. The van der Waals surface area contributed by atoms with Crippen molar-refractivity contribution in [1.82, 2.24) is 4.98 Å². The molecule has 1 aromatic carbocycles. The fraction of sp³-hybridized carbons (Fsp3) is 0.389. The van der Waals surface area contributed by atoms with Gasteiger partial charge in [-0.2, -0.15) is 0 Å². The van der Waals surface area contributed by atoms with E-state index < -0.39 is 0 Å².